The molecule has 0 unspecified atom stereocenters. The van der Waals surface area contributed by atoms with Gasteiger partial charge in [-0.3, -0.25) is 4.79 Å². The molecule has 1 aromatic carbocycles. The molecule has 1 aliphatic heterocycles. The topological polar surface area (TPSA) is 38.3 Å². The summed E-state index contributed by atoms with van der Waals surface area (Å²) in [6.45, 7) is 1.92. The molecule has 1 heterocycles. The number of benzene rings is 1. The van der Waals surface area contributed by atoms with E-state index in [9.17, 15) is 4.79 Å². The summed E-state index contributed by atoms with van der Waals surface area (Å²) in [5.41, 5.74) is 0.999. The summed E-state index contributed by atoms with van der Waals surface area (Å²) in [7, 11) is 1.65. The third kappa shape index (κ3) is 3.07. The van der Waals surface area contributed by atoms with Gasteiger partial charge in [-0.1, -0.05) is 18.2 Å². The molecule has 3 nitrogen and oxygen atoms in total. The van der Waals surface area contributed by atoms with Crippen LogP contribution in [0.5, 0.6) is 5.75 Å². The van der Waals surface area contributed by atoms with Crippen LogP contribution in [0.15, 0.2) is 24.3 Å². The average molecular weight is 233 g/mol. The number of carbonyl (C=O) groups excluding carboxylic acids is 1. The van der Waals surface area contributed by atoms with E-state index in [4.69, 9.17) is 4.74 Å². The lowest BCUT2D eigenvalue weighted by atomic mass is 9.90. The predicted molar refractivity (Wildman–Crippen MR) is 67.3 cm³/mol. The fourth-order valence-electron chi connectivity index (χ4n) is 2.32. The fourth-order valence-corrected chi connectivity index (χ4v) is 2.32. The number of hydrogen-bond donors (Lipinski definition) is 1. The Bertz CT molecular complexity index is 384. The fraction of sp³-hybridized carbons (Fsp3) is 0.500. The number of hydrogen-bond acceptors (Lipinski definition) is 3. The van der Waals surface area contributed by atoms with E-state index in [0.29, 0.717) is 12.2 Å². The van der Waals surface area contributed by atoms with Crippen molar-refractivity contribution in [3.63, 3.8) is 0 Å². The van der Waals surface area contributed by atoms with E-state index in [1.54, 1.807) is 7.11 Å². The zero-order valence-corrected chi connectivity index (χ0v) is 10.2. The minimum absolute atomic E-state index is 0.223. The first kappa shape index (κ1) is 12.1. The predicted octanol–water partition coefficient (Wildman–Crippen LogP) is 1.81. The van der Waals surface area contributed by atoms with Gasteiger partial charge < -0.3 is 10.1 Å². The van der Waals surface area contributed by atoms with Gasteiger partial charge in [0.1, 0.15) is 11.5 Å². The van der Waals surface area contributed by atoms with Crippen LogP contribution < -0.4 is 10.1 Å². The molecule has 2 rings (SSSR count). The van der Waals surface area contributed by atoms with E-state index in [2.05, 4.69) is 5.32 Å². The van der Waals surface area contributed by atoms with Crippen LogP contribution in [-0.4, -0.2) is 26.0 Å². The molecule has 3 heteroatoms. The average Bonchev–Trinajstić information content (AvgIpc) is 2.40. The summed E-state index contributed by atoms with van der Waals surface area (Å²) < 4.78 is 5.27. The summed E-state index contributed by atoms with van der Waals surface area (Å²) in [5, 5.41) is 3.28. The monoisotopic (exact) mass is 233 g/mol. The Morgan fingerprint density at radius 2 is 2.06 bits per heavy atom. The summed E-state index contributed by atoms with van der Waals surface area (Å²) in [6.07, 6.45) is 2.43. The number of nitrogens with one attached hydrogen (secondary N) is 1. The van der Waals surface area contributed by atoms with Gasteiger partial charge in [-0.05, 0) is 32.0 Å². The van der Waals surface area contributed by atoms with Crippen LogP contribution in [0.25, 0.3) is 0 Å². The van der Waals surface area contributed by atoms with E-state index >= 15 is 0 Å². The highest BCUT2D eigenvalue weighted by Crippen LogP contribution is 2.21. The molecule has 1 N–H and O–H groups in total. The quantitative estimate of drug-likeness (QED) is 0.862. The standard InChI is InChI=1S/C14H19NO2/c1-17-14-5-3-2-4-12(14)10-13(16)11-6-8-15-9-7-11/h2-5,11,15H,6-10H2,1H3. The van der Waals surface area contributed by atoms with Gasteiger partial charge in [-0.15, -0.1) is 0 Å². The van der Waals surface area contributed by atoms with Gasteiger partial charge in [0.05, 0.1) is 7.11 Å². The van der Waals surface area contributed by atoms with Crippen molar-refractivity contribution >= 4 is 5.78 Å². The molecule has 0 bridgehead atoms. The molecule has 0 aromatic heterocycles. The van der Waals surface area contributed by atoms with Crippen molar-refractivity contribution in [3.05, 3.63) is 29.8 Å². The Morgan fingerprint density at radius 3 is 2.76 bits per heavy atom. The van der Waals surface area contributed by atoms with E-state index in [0.717, 1.165) is 37.2 Å². The van der Waals surface area contributed by atoms with E-state index < -0.39 is 0 Å². The number of ketones is 1. The molecule has 17 heavy (non-hydrogen) atoms. The first-order valence-electron chi connectivity index (χ1n) is 6.16. The number of rotatable bonds is 4. The van der Waals surface area contributed by atoms with E-state index in [1.165, 1.54) is 0 Å². The number of piperidine rings is 1. The summed E-state index contributed by atoms with van der Waals surface area (Å²) in [4.78, 5) is 12.2. The van der Waals surface area contributed by atoms with Crippen LogP contribution in [0.2, 0.25) is 0 Å². The molecule has 0 spiro atoms. The number of Topliss-reactive ketones (excluding diaryl/α,β-unsaturated/α-hetero) is 1. The van der Waals surface area contributed by atoms with Crippen molar-refractivity contribution in [3.8, 4) is 5.75 Å². The first-order chi connectivity index (χ1) is 8.31. The van der Waals surface area contributed by atoms with Crippen LogP contribution in [0, 0.1) is 5.92 Å². The van der Waals surface area contributed by atoms with Gasteiger partial charge in [-0.2, -0.15) is 0 Å². The van der Waals surface area contributed by atoms with Crippen LogP contribution in [0.4, 0.5) is 0 Å². The highest BCUT2D eigenvalue weighted by atomic mass is 16.5. The van der Waals surface area contributed by atoms with Crippen molar-refractivity contribution in [2.75, 3.05) is 20.2 Å². The molecular weight excluding hydrogens is 214 g/mol. The maximum absolute atomic E-state index is 12.2. The second kappa shape index (κ2) is 5.82. The smallest absolute Gasteiger partial charge is 0.140 e. The van der Waals surface area contributed by atoms with Crippen molar-refractivity contribution in [2.24, 2.45) is 5.92 Å². The maximum Gasteiger partial charge on any atom is 0.140 e. The molecule has 0 radical (unpaired) electrons. The Morgan fingerprint density at radius 1 is 1.35 bits per heavy atom. The summed E-state index contributed by atoms with van der Waals surface area (Å²) in [6, 6.07) is 7.76. The normalized spacial score (nSPS) is 16.8. The first-order valence-corrected chi connectivity index (χ1v) is 6.16. The SMILES string of the molecule is COc1ccccc1CC(=O)C1CCNCC1. The summed E-state index contributed by atoms with van der Waals surface area (Å²) in [5.74, 6) is 1.38. The number of para-hydroxylation sites is 1. The van der Waals surface area contributed by atoms with Crippen LogP contribution in [0.3, 0.4) is 0 Å². The second-order valence-corrected chi connectivity index (χ2v) is 4.48. The van der Waals surface area contributed by atoms with Crippen molar-refractivity contribution in [1.82, 2.24) is 5.32 Å². The van der Waals surface area contributed by atoms with Gasteiger partial charge >= 0.3 is 0 Å². The Hall–Kier alpha value is -1.35. The highest BCUT2D eigenvalue weighted by molar-refractivity contribution is 5.84. The Labute approximate surface area is 102 Å². The minimum Gasteiger partial charge on any atom is -0.496 e. The lowest BCUT2D eigenvalue weighted by molar-refractivity contribution is -0.122. The summed E-state index contributed by atoms with van der Waals surface area (Å²) >= 11 is 0. The van der Waals surface area contributed by atoms with Gasteiger partial charge in [0.2, 0.25) is 0 Å². The molecule has 0 amide bonds. The van der Waals surface area contributed by atoms with Gasteiger partial charge in [-0.25, -0.2) is 0 Å². The molecule has 1 fully saturated rings. The Balaban J connectivity index is 2.01. The third-order valence-electron chi connectivity index (χ3n) is 3.35. The zero-order valence-electron chi connectivity index (χ0n) is 10.2. The van der Waals surface area contributed by atoms with Crippen molar-refractivity contribution < 1.29 is 9.53 Å². The molecular formula is C14H19NO2. The number of carbonyl (C=O) groups is 1. The highest BCUT2D eigenvalue weighted by Gasteiger charge is 2.21. The van der Waals surface area contributed by atoms with Crippen LogP contribution >= 0.6 is 0 Å². The zero-order chi connectivity index (χ0) is 12.1. The lowest BCUT2D eigenvalue weighted by Gasteiger charge is -2.21. The molecule has 1 saturated heterocycles. The largest absolute Gasteiger partial charge is 0.496 e. The minimum atomic E-state index is 0.223. The lowest BCUT2D eigenvalue weighted by Crippen LogP contribution is -2.32. The molecule has 0 saturated carbocycles. The van der Waals surface area contributed by atoms with Gasteiger partial charge in [0.25, 0.3) is 0 Å². The van der Waals surface area contributed by atoms with Crippen LogP contribution in [0.1, 0.15) is 18.4 Å². The van der Waals surface area contributed by atoms with E-state index in [1.807, 2.05) is 24.3 Å². The van der Waals surface area contributed by atoms with Crippen molar-refractivity contribution in [2.45, 2.75) is 19.3 Å². The Kier molecular flexibility index (Phi) is 4.15. The number of ether oxygens (including phenoxy) is 1. The molecule has 0 aliphatic carbocycles. The third-order valence-corrected chi connectivity index (χ3v) is 3.35. The molecule has 0 atom stereocenters. The maximum atomic E-state index is 12.2. The van der Waals surface area contributed by atoms with Crippen LogP contribution in [-0.2, 0) is 11.2 Å². The number of methoxy groups -OCH3 is 1. The van der Waals surface area contributed by atoms with Gasteiger partial charge in [0, 0.05) is 17.9 Å². The molecule has 1 aliphatic rings. The molecule has 1 aromatic rings. The van der Waals surface area contributed by atoms with Crippen molar-refractivity contribution in [1.29, 1.82) is 0 Å². The van der Waals surface area contributed by atoms with Gasteiger partial charge in [0.15, 0.2) is 0 Å². The molecule has 92 valence electrons. The second-order valence-electron chi connectivity index (χ2n) is 4.48. The van der Waals surface area contributed by atoms with E-state index in [-0.39, 0.29) is 5.92 Å².